The van der Waals surface area contributed by atoms with Crippen molar-refractivity contribution in [2.45, 2.75) is 18.5 Å². The van der Waals surface area contributed by atoms with Gasteiger partial charge in [-0.25, -0.2) is 0 Å². The summed E-state index contributed by atoms with van der Waals surface area (Å²) in [4.78, 5) is 0. The normalized spacial score (nSPS) is 11.1. The SMILES string of the molecule is CCOc1cc(/C=N\n2c(Cc3ccccc3)nnc2SC)ccc1OC. The number of ether oxygens (including phenoxy) is 2. The summed E-state index contributed by atoms with van der Waals surface area (Å²) in [6.45, 7) is 2.51. The van der Waals surface area contributed by atoms with Gasteiger partial charge < -0.3 is 9.47 Å². The fourth-order valence-electron chi connectivity index (χ4n) is 2.59. The van der Waals surface area contributed by atoms with Crippen LogP contribution in [0.1, 0.15) is 23.9 Å². The van der Waals surface area contributed by atoms with E-state index in [0.717, 1.165) is 22.1 Å². The molecule has 0 amide bonds. The fourth-order valence-corrected chi connectivity index (χ4v) is 3.04. The van der Waals surface area contributed by atoms with Gasteiger partial charge >= 0.3 is 0 Å². The first-order valence-electron chi connectivity index (χ1n) is 8.62. The predicted octanol–water partition coefficient (Wildman–Crippen LogP) is 3.88. The summed E-state index contributed by atoms with van der Waals surface area (Å²) < 4.78 is 12.7. The van der Waals surface area contributed by atoms with Crippen LogP contribution in [-0.4, -0.2) is 41.1 Å². The van der Waals surface area contributed by atoms with Crippen LogP contribution in [0.2, 0.25) is 0 Å². The van der Waals surface area contributed by atoms with Crippen molar-refractivity contribution in [2.24, 2.45) is 5.10 Å². The van der Waals surface area contributed by atoms with Gasteiger partial charge in [0.25, 0.3) is 0 Å². The van der Waals surface area contributed by atoms with Crippen LogP contribution >= 0.6 is 11.8 Å². The van der Waals surface area contributed by atoms with Gasteiger partial charge in [0, 0.05) is 6.42 Å². The highest BCUT2D eigenvalue weighted by Crippen LogP contribution is 2.27. The second kappa shape index (κ2) is 9.23. The Bertz CT molecular complexity index is 910. The van der Waals surface area contributed by atoms with Crippen LogP contribution in [0.15, 0.2) is 58.8 Å². The van der Waals surface area contributed by atoms with Gasteiger partial charge in [-0.1, -0.05) is 42.1 Å². The summed E-state index contributed by atoms with van der Waals surface area (Å²) >= 11 is 1.51. The molecule has 3 aromatic rings. The minimum absolute atomic E-state index is 0.570. The standard InChI is InChI=1S/C20H22N4O2S/c1-4-26-18-12-16(10-11-17(18)25-2)14-21-24-19(22-23-20(24)27-3)13-15-8-6-5-7-9-15/h5-12,14H,4,13H2,1-3H3/b21-14-. The Labute approximate surface area is 163 Å². The van der Waals surface area contributed by atoms with E-state index in [1.54, 1.807) is 18.0 Å². The van der Waals surface area contributed by atoms with Crippen molar-refractivity contribution in [3.05, 3.63) is 65.5 Å². The van der Waals surface area contributed by atoms with Gasteiger partial charge in [0.05, 0.1) is 19.9 Å². The third-order valence-electron chi connectivity index (χ3n) is 3.87. The average Bonchev–Trinajstić information content (AvgIpc) is 3.09. The van der Waals surface area contributed by atoms with E-state index in [2.05, 4.69) is 27.4 Å². The Balaban J connectivity index is 1.88. The van der Waals surface area contributed by atoms with E-state index in [1.165, 1.54) is 11.8 Å². The van der Waals surface area contributed by atoms with Crippen molar-refractivity contribution >= 4 is 18.0 Å². The van der Waals surface area contributed by atoms with E-state index < -0.39 is 0 Å². The second-order valence-corrected chi connectivity index (χ2v) is 6.44. The van der Waals surface area contributed by atoms with Crippen molar-refractivity contribution in [1.82, 2.24) is 14.9 Å². The summed E-state index contributed by atoms with van der Waals surface area (Å²) in [6.07, 6.45) is 4.40. The number of aromatic nitrogens is 3. The summed E-state index contributed by atoms with van der Waals surface area (Å²) in [7, 11) is 1.63. The maximum absolute atomic E-state index is 5.63. The molecule has 7 heteroatoms. The molecule has 0 atom stereocenters. The zero-order valence-electron chi connectivity index (χ0n) is 15.6. The van der Waals surface area contributed by atoms with Crippen molar-refractivity contribution < 1.29 is 9.47 Å². The molecule has 1 heterocycles. The first-order valence-corrected chi connectivity index (χ1v) is 9.85. The highest BCUT2D eigenvalue weighted by Gasteiger charge is 2.11. The maximum Gasteiger partial charge on any atom is 0.211 e. The first kappa shape index (κ1) is 19.0. The maximum atomic E-state index is 5.63. The molecule has 0 N–H and O–H groups in total. The predicted molar refractivity (Wildman–Crippen MR) is 108 cm³/mol. The molecule has 0 unspecified atom stereocenters. The van der Waals surface area contributed by atoms with Crippen LogP contribution in [-0.2, 0) is 6.42 Å². The number of hydrogen-bond donors (Lipinski definition) is 0. The molecule has 0 aliphatic heterocycles. The largest absolute Gasteiger partial charge is 0.493 e. The minimum Gasteiger partial charge on any atom is -0.493 e. The number of hydrogen-bond acceptors (Lipinski definition) is 6. The molecular weight excluding hydrogens is 360 g/mol. The molecule has 6 nitrogen and oxygen atoms in total. The number of benzene rings is 2. The number of nitrogens with zero attached hydrogens (tertiary/aromatic N) is 4. The van der Waals surface area contributed by atoms with E-state index in [4.69, 9.17) is 9.47 Å². The summed E-state index contributed by atoms with van der Waals surface area (Å²) in [5, 5.41) is 13.9. The summed E-state index contributed by atoms with van der Waals surface area (Å²) in [5.74, 6) is 2.19. The van der Waals surface area contributed by atoms with Gasteiger partial charge in [0.1, 0.15) is 0 Å². The molecule has 0 bridgehead atoms. The molecule has 0 aliphatic rings. The molecule has 27 heavy (non-hydrogen) atoms. The summed E-state index contributed by atoms with van der Waals surface area (Å²) in [5.41, 5.74) is 2.07. The van der Waals surface area contributed by atoms with E-state index in [1.807, 2.05) is 49.6 Å². The Morgan fingerprint density at radius 2 is 1.93 bits per heavy atom. The molecule has 0 saturated carbocycles. The van der Waals surface area contributed by atoms with E-state index >= 15 is 0 Å². The summed E-state index contributed by atoms with van der Waals surface area (Å²) in [6, 6.07) is 15.9. The highest BCUT2D eigenvalue weighted by molar-refractivity contribution is 7.98. The van der Waals surface area contributed by atoms with Crippen molar-refractivity contribution in [1.29, 1.82) is 0 Å². The molecular formula is C20H22N4O2S. The van der Waals surface area contributed by atoms with Gasteiger partial charge in [-0.3, -0.25) is 0 Å². The van der Waals surface area contributed by atoms with Crippen LogP contribution in [0, 0.1) is 0 Å². The fraction of sp³-hybridized carbons (Fsp3) is 0.250. The van der Waals surface area contributed by atoms with Crippen molar-refractivity contribution in [3.8, 4) is 11.5 Å². The van der Waals surface area contributed by atoms with E-state index in [9.17, 15) is 0 Å². The third-order valence-corrected chi connectivity index (χ3v) is 4.49. The zero-order valence-corrected chi connectivity index (χ0v) is 16.4. The molecule has 3 rings (SSSR count). The monoisotopic (exact) mass is 382 g/mol. The number of methoxy groups -OCH3 is 1. The molecule has 0 saturated heterocycles. The van der Waals surface area contributed by atoms with Gasteiger partial charge in [0.15, 0.2) is 17.3 Å². The Morgan fingerprint density at radius 1 is 1.11 bits per heavy atom. The lowest BCUT2D eigenvalue weighted by molar-refractivity contribution is 0.311. The molecule has 0 spiro atoms. The third kappa shape index (κ3) is 4.68. The van der Waals surface area contributed by atoms with Gasteiger partial charge in [-0.2, -0.15) is 9.78 Å². The molecule has 0 fully saturated rings. The van der Waals surface area contributed by atoms with Crippen molar-refractivity contribution in [3.63, 3.8) is 0 Å². The molecule has 2 aromatic carbocycles. The lowest BCUT2D eigenvalue weighted by atomic mass is 10.1. The molecule has 140 valence electrons. The van der Waals surface area contributed by atoms with Crippen LogP contribution in [0.25, 0.3) is 0 Å². The number of thioether (sulfide) groups is 1. The lowest BCUT2D eigenvalue weighted by Gasteiger charge is -2.09. The molecule has 0 aliphatic carbocycles. The minimum atomic E-state index is 0.570. The van der Waals surface area contributed by atoms with Gasteiger partial charge in [0.2, 0.25) is 5.16 Å². The van der Waals surface area contributed by atoms with Crippen LogP contribution < -0.4 is 9.47 Å². The Morgan fingerprint density at radius 3 is 2.63 bits per heavy atom. The van der Waals surface area contributed by atoms with Gasteiger partial charge in [-0.15, -0.1) is 10.2 Å². The number of rotatable bonds is 8. The smallest absolute Gasteiger partial charge is 0.211 e. The van der Waals surface area contributed by atoms with Crippen molar-refractivity contribution in [2.75, 3.05) is 20.0 Å². The Hall–Kier alpha value is -2.80. The van der Waals surface area contributed by atoms with E-state index in [0.29, 0.717) is 24.5 Å². The van der Waals surface area contributed by atoms with Gasteiger partial charge in [-0.05, 0) is 42.5 Å². The topological polar surface area (TPSA) is 61.5 Å². The zero-order chi connectivity index (χ0) is 19.1. The molecule has 1 aromatic heterocycles. The Kier molecular flexibility index (Phi) is 6.49. The average molecular weight is 382 g/mol. The lowest BCUT2D eigenvalue weighted by Crippen LogP contribution is -2.02. The van der Waals surface area contributed by atoms with E-state index in [-0.39, 0.29) is 0 Å². The quantitative estimate of drug-likeness (QED) is 0.437. The van der Waals surface area contributed by atoms with Crippen LogP contribution in [0.4, 0.5) is 0 Å². The first-order chi connectivity index (χ1) is 13.2. The highest BCUT2D eigenvalue weighted by atomic mass is 32.2. The van der Waals surface area contributed by atoms with Crippen LogP contribution in [0.3, 0.4) is 0 Å². The second-order valence-electron chi connectivity index (χ2n) is 5.66. The molecule has 0 radical (unpaired) electrons. The van der Waals surface area contributed by atoms with Crippen LogP contribution in [0.5, 0.6) is 11.5 Å².